The van der Waals surface area contributed by atoms with Crippen molar-refractivity contribution in [1.29, 1.82) is 0 Å². The van der Waals surface area contributed by atoms with Gasteiger partial charge in [-0.3, -0.25) is 0 Å². The minimum Gasteiger partial charge on any atom is -0.456 e. The average molecular weight is 553 g/mol. The molecule has 0 radical (unpaired) electrons. The monoisotopic (exact) mass is 552 g/mol. The number of hydrogen-bond acceptors (Lipinski definition) is 4. The van der Waals surface area contributed by atoms with Crippen LogP contribution in [0.25, 0.3) is 66.5 Å². The summed E-state index contributed by atoms with van der Waals surface area (Å²) < 4.78 is 12.7. The molecule has 0 fully saturated rings. The molecule has 4 heteroatoms. The van der Waals surface area contributed by atoms with Gasteiger partial charge in [0.15, 0.2) is 11.3 Å². The summed E-state index contributed by atoms with van der Waals surface area (Å²) in [7, 11) is 0. The molecule has 0 aliphatic carbocycles. The summed E-state index contributed by atoms with van der Waals surface area (Å²) in [5.41, 5.74) is 18.2. The highest BCUT2D eigenvalue weighted by Crippen LogP contribution is 2.49. The SMILES string of the molecule is Nc1ccccc1N1Cc2ccccc2-c2oc3c#cc(-c4ccc5oc6ccc(-c7ccccc7)cc6c5c4)cc3c21. The predicted octanol–water partition coefficient (Wildman–Crippen LogP) is 10.2. The largest absolute Gasteiger partial charge is 0.456 e. The van der Waals surface area contributed by atoms with E-state index in [2.05, 4.69) is 108 Å². The molecule has 0 spiro atoms. The Morgan fingerprint density at radius 1 is 0.605 bits per heavy atom. The van der Waals surface area contributed by atoms with E-state index in [1.165, 1.54) is 11.1 Å². The topological polar surface area (TPSA) is 55.5 Å². The molecular formula is C39H24N2O2. The van der Waals surface area contributed by atoms with Gasteiger partial charge in [-0.05, 0) is 76.9 Å². The van der Waals surface area contributed by atoms with Gasteiger partial charge < -0.3 is 19.5 Å². The molecule has 9 rings (SSSR count). The number of rotatable bonds is 3. The fourth-order valence-corrected chi connectivity index (χ4v) is 6.40. The van der Waals surface area contributed by atoms with Gasteiger partial charge in [0.2, 0.25) is 0 Å². The van der Waals surface area contributed by atoms with Gasteiger partial charge in [-0.1, -0.05) is 78.9 Å². The van der Waals surface area contributed by atoms with Crippen LogP contribution in [0, 0.1) is 12.1 Å². The van der Waals surface area contributed by atoms with Crippen LogP contribution in [0.1, 0.15) is 5.56 Å². The summed E-state index contributed by atoms with van der Waals surface area (Å²) >= 11 is 0. The number of fused-ring (bicyclic) bond motifs is 8. The van der Waals surface area contributed by atoms with Crippen LogP contribution in [0.4, 0.5) is 17.1 Å². The van der Waals surface area contributed by atoms with Crippen molar-refractivity contribution < 1.29 is 8.83 Å². The Balaban J connectivity index is 1.22. The maximum absolute atomic E-state index is 6.50. The molecule has 43 heavy (non-hydrogen) atoms. The Bertz CT molecular complexity index is 2350. The van der Waals surface area contributed by atoms with Gasteiger partial charge in [-0.15, -0.1) is 0 Å². The standard InChI is InChI=1S/C39H24N2O2/c40-33-12-6-7-13-34(33)41-23-28-10-4-5-11-29(28)39-38(41)32-22-27(16-19-37(32)43-39)26-15-18-36-31(21-26)30-20-25(14-17-35(30)42-36)24-8-2-1-3-9-24/h1-15,17-18,20-22H,23,40H2. The van der Waals surface area contributed by atoms with Crippen LogP contribution in [0.15, 0.2) is 130 Å². The van der Waals surface area contributed by atoms with Crippen molar-refractivity contribution in [3.05, 3.63) is 139 Å². The maximum Gasteiger partial charge on any atom is 0.187 e. The zero-order chi connectivity index (χ0) is 28.5. The molecule has 0 unspecified atom stereocenters. The molecule has 2 aromatic heterocycles. The lowest BCUT2D eigenvalue weighted by Crippen LogP contribution is -2.21. The molecule has 0 bridgehead atoms. The molecule has 1 aliphatic rings. The number of benzene rings is 5. The molecule has 3 heterocycles. The van der Waals surface area contributed by atoms with E-state index in [4.69, 9.17) is 14.6 Å². The summed E-state index contributed by atoms with van der Waals surface area (Å²) in [6.07, 6.45) is 0. The molecule has 2 N–H and O–H groups in total. The zero-order valence-corrected chi connectivity index (χ0v) is 23.1. The highest BCUT2D eigenvalue weighted by molar-refractivity contribution is 6.08. The van der Waals surface area contributed by atoms with Crippen LogP contribution >= 0.6 is 0 Å². The van der Waals surface area contributed by atoms with Crippen molar-refractivity contribution >= 4 is 50.0 Å². The van der Waals surface area contributed by atoms with E-state index < -0.39 is 0 Å². The lowest BCUT2D eigenvalue weighted by atomic mass is 9.96. The normalized spacial score (nSPS) is 12.4. The highest BCUT2D eigenvalue weighted by Gasteiger charge is 2.30. The van der Waals surface area contributed by atoms with Gasteiger partial charge >= 0.3 is 0 Å². The third-order valence-corrected chi connectivity index (χ3v) is 8.49. The predicted molar refractivity (Wildman–Crippen MR) is 174 cm³/mol. The molecule has 202 valence electrons. The van der Waals surface area contributed by atoms with Gasteiger partial charge in [0.25, 0.3) is 0 Å². The first-order chi connectivity index (χ1) is 21.2. The van der Waals surface area contributed by atoms with Crippen LogP contribution in [-0.2, 0) is 6.54 Å². The molecule has 1 aliphatic heterocycles. The molecule has 0 amide bonds. The molecule has 4 nitrogen and oxygen atoms in total. The number of hydrogen-bond donors (Lipinski definition) is 1. The smallest absolute Gasteiger partial charge is 0.187 e. The van der Waals surface area contributed by atoms with Gasteiger partial charge in [0.05, 0.1) is 22.4 Å². The summed E-state index contributed by atoms with van der Waals surface area (Å²) in [5, 5.41) is 3.14. The fraction of sp³-hybridized carbons (Fsp3) is 0.0256. The second-order valence-electron chi connectivity index (χ2n) is 11.0. The third-order valence-electron chi connectivity index (χ3n) is 8.49. The minimum absolute atomic E-state index is 0.673. The van der Waals surface area contributed by atoms with E-state index in [0.717, 1.165) is 72.4 Å². The molecule has 8 aromatic rings. The number of para-hydroxylation sites is 2. The number of nitrogens with two attached hydrogens (primary N) is 1. The summed E-state index contributed by atoms with van der Waals surface area (Å²) in [6.45, 7) is 0.691. The quantitative estimate of drug-likeness (QED) is 0.222. The Morgan fingerprint density at radius 3 is 2.16 bits per heavy atom. The Morgan fingerprint density at radius 2 is 1.33 bits per heavy atom. The summed E-state index contributed by atoms with van der Waals surface area (Å²) in [4.78, 5) is 2.26. The van der Waals surface area contributed by atoms with Gasteiger partial charge in [0.1, 0.15) is 11.2 Å². The highest BCUT2D eigenvalue weighted by atomic mass is 16.3. The molecule has 0 atom stereocenters. The average Bonchev–Trinajstić information content (AvgIpc) is 3.63. The lowest BCUT2D eigenvalue weighted by Gasteiger charge is -2.31. The van der Waals surface area contributed by atoms with Crippen LogP contribution in [0.3, 0.4) is 0 Å². The van der Waals surface area contributed by atoms with Crippen LogP contribution < -0.4 is 10.6 Å². The van der Waals surface area contributed by atoms with Gasteiger partial charge in [-0.25, -0.2) is 0 Å². The van der Waals surface area contributed by atoms with E-state index in [9.17, 15) is 0 Å². The van der Waals surface area contributed by atoms with Crippen molar-refractivity contribution in [3.63, 3.8) is 0 Å². The first kappa shape index (κ1) is 23.8. The van der Waals surface area contributed by atoms with Crippen molar-refractivity contribution in [1.82, 2.24) is 0 Å². The molecule has 0 saturated heterocycles. The van der Waals surface area contributed by atoms with E-state index in [-0.39, 0.29) is 0 Å². The van der Waals surface area contributed by atoms with Crippen molar-refractivity contribution in [2.45, 2.75) is 6.54 Å². The van der Waals surface area contributed by atoms with Crippen molar-refractivity contribution in [2.75, 3.05) is 10.6 Å². The van der Waals surface area contributed by atoms with Crippen LogP contribution in [0.2, 0.25) is 0 Å². The fourth-order valence-electron chi connectivity index (χ4n) is 6.40. The van der Waals surface area contributed by atoms with Crippen LogP contribution in [-0.4, -0.2) is 0 Å². The third kappa shape index (κ3) is 3.65. The van der Waals surface area contributed by atoms with E-state index in [1.54, 1.807) is 0 Å². The number of nitrogens with zero attached hydrogens (tertiary/aromatic N) is 1. The number of nitrogen functional groups attached to an aromatic ring is 1. The van der Waals surface area contributed by atoms with Crippen LogP contribution in [0.5, 0.6) is 0 Å². The zero-order valence-electron chi connectivity index (χ0n) is 23.1. The number of furan rings is 2. The first-order valence-corrected chi connectivity index (χ1v) is 14.3. The van der Waals surface area contributed by atoms with Gasteiger partial charge in [0, 0.05) is 28.4 Å². The molecular weight excluding hydrogens is 528 g/mol. The van der Waals surface area contributed by atoms with E-state index >= 15 is 0 Å². The second kappa shape index (κ2) is 9.04. The summed E-state index contributed by atoms with van der Waals surface area (Å²) in [5.74, 6) is 0.826. The van der Waals surface area contributed by atoms with E-state index in [0.29, 0.717) is 12.1 Å². The van der Waals surface area contributed by atoms with E-state index in [1.807, 2.05) is 30.3 Å². The summed E-state index contributed by atoms with van der Waals surface area (Å²) in [6, 6.07) is 48.4. The van der Waals surface area contributed by atoms with Crippen molar-refractivity contribution in [3.8, 4) is 33.6 Å². The second-order valence-corrected chi connectivity index (χ2v) is 11.0. The molecule has 0 saturated carbocycles. The van der Waals surface area contributed by atoms with Crippen molar-refractivity contribution in [2.24, 2.45) is 0 Å². The van der Waals surface area contributed by atoms with Gasteiger partial charge in [-0.2, -0.15) is 0 Å². The minimum atomic E-state index is 0.673. The lowest BCUT2D eigenvalue weighted by molar-refractivity contribution is 0.627. The Hall–Kier alpha value is -5.92. The molecule has 6 aromatic carbocycles. The Labute approximate surface area is 248 Å². The first-order valence-electron chi connectivity index (χ1n) is 14.3. The number of anilines is 3. The Kier molecular flexibility index (Phi) is 4.99. The maximum atomic E-state index is 6.50.